The second-order valence-electron chi connectivity index (χ2n) is 8.81. The van der Waals surface area contributed by atoms with Crippen LogP contribution in [0.2, 0.25) is 0 Å². The maximum atomic E-state index is 11.8. The van der Waals surface area contributed by atoms with Gasteiger partial charge in [0.15, 0.2) is 0 Å². The Labute approximate surface area is 192 Å². The highest BCUT2D eigenvalue weighted by Crippen LogP contribution is 2.36. The Morgan fingerprint density at radius 3 is 2.56 bits per heavy atom. The van der Waals surface area contributed by atoms with E-state index < -0.39 is 0 Å². The van der Waals surface area contributed by atoms with Crippen molar-refractivity contribution in [2.75, 3.05) is 13.2 Å². The lowest BCUT2D eigenvalue weighted by Crippen LogP contribution is -2.51. The summed E-state index contributed by atoms with van der Waals surface area (Å²) in [5, 5.41) is 4.26. The number of carbonyl (C=O) groups excluding carboxylic acids is 1. The highest BCUT2D eigenvalue weighted by Gasteiger charge is 2.41. The van der Waals surface area contributed by atoms with Gasteiger partial charge in [-0.15, -0.1) is 0 Å². The van der Waals surface area contributed by atoms with Gasteiger partial charge in [0.05, 0.1) is 10.2 Å². The molecule has 5 rings (SSSR count). The lowest BCUT2D eigenvalue weighted by molar-refractivity contribution is -0.133. The number of carbonyl (C=O) groups is 1. The fourth-order valence-electron chi connectivity index (χ4n) is 5.05. The molecule has 1 amide bonds. The highest BCUT2D eigenvalue weighted by atomic mass is 32.1. The van der Waals surface area contributed by atoms with Gasteiger partial charge in [-0.05, 0) is 74.6 Å². The minimum absolute atomic E-state index is 0.227. The van der Waals surface area contributed by atoms with Crippen LogP contribution < -0.4 is 14.8 Å². The molecular weight excluding hydrogens is 422 g/mol. The van der Waals surface area contributed by atoms with Crippen molar-refractivity contribution in [3.8, 4) is 16.7 Å². The minimum Gasteiger partial charge on any atom is -0.492 e. The second kappa shape index (κ2) is 9.08. The number of amides is 1. The first-order valence-corrected chi connectivity index (χ1v) is 12.2. The molecule has 7 heteroatoms. The van der Waals surface area contributed by atoms with E-state index >= 15 is 0 Å². The Bertz CT molecular complexity index is 1080. The first kappa shape index (κ1) is 21.2. The van der Waals surface area contributed by atoms with Crippen LogP contribution in [0.3, 0.4) is 0 Å². The number of thiazole rings is 1. The first-order valence-electron chi connectivity index (χ1n) is 11.4. The summed E-state index contributed by atoms with van der Waals surface area (Å²) < 4.78 is 13.0. The number of nitrogens with one attached hydrogen (secondary N) is 1. The van der Waals surface area contributed by atoms with E-state index in [1.807, 2.05) is 30.3 Å². The molecule has 1 aromatic heterocycles. The summed E-state index contributed by atoms with van der Waals surface area (Å²) in [4.78, 5) is 18.5. The number of hydrogen-bond acceptors (Lipinski definition) is 6. The molecule has 2 aliphatic heterocycles. The Morgan fingerprint density at radius 1 is 1.12 bits per heavy atom. The quantitative estimate of drug-likeness (QED) is 0.517. The van der Waals surface area contributed by atoms with Crippen LogP contribution in [0.5, 0.6) is 16.7 Å². The van der Waals surface area contributed by atoms with Crippen LogP contribution in [0, 0.1) is 6.92 Å². The molecular formula is C25H29N3O3S. The average Bonchev–Trinajstić information content (AvgIpc) is 3.29. The van der Waals surface area contributed by atoms with Gasteiger partial charge in [0.25, 0.3) is 5.19 Å². The Kier molecular flexibility index (Phi) is 6.02. The topological polar surface area (TPSA) is 63.7 Å². The van der Waals surface area contributed by atoms with Crippen molar-refractivity contribution in [2.45, 2.75) is 57.7 Å². The van der Waals surface area contributed by atoms with Gasteiger partial charge in [-0.2, -0.15) is 0 Å². The van der Waals surface area contributed by atoms with Crippen LogP contribution in [0.4, 0.5) is 0 Å². The van der Waals surface area contributed by atoms with Crippen molar-refractivity contribution in [3.05, 3.63) is 48.0 Å². The number of aromatic nitrogens is 1. The minimum atomic E-state index is 0.227. The van der Waals surface area contributed by atoms with Crippen LogP contribution in [0.15, 0.2) is 42.5 Å². The third-order valence-corrected chi connectivity index (χ3v) is 7.35. The number of piperidine rings is 1. The highest BCUT2D eigenvalue weighted by molar-refractivity contribution is 7.20. The van der Waals surface area contributed by atoms with Crippen molar-refractivity contribution in [3.63, 3.8) is 0 Å². The molecule has 0 radical (unpaired) electrons. The van der Waals surface area contributed by atoms with Gasteiger partial charge in [-0.25, -0.2) is 4.98 Å². The van der Waals surface area contributed by atoms with Gasteiger partial charge in [-0.3, -0.25) is 4.79 Å². The van der Waals surface area contributed by atoms with E-state index in [1.54, 1.807) is 18.3 Å². The van der Waals surface area contributed by atoms with Gasteiger partial charge in [0.2, 0.25) is 5.91 Å². The Hall–Kier alpha value is -2.64. The number of benzene rings is 2. The fraction of sp³-hybridized carbons (Fsp3) is 0.440. The molecule has 1 N–H and O–H groups in total. The van der Waals surface area contributed by atoms with Crippen molar-refractivity contribution in [1.29, 1.82) is 0 Å². The molecule has 6 nitrogen and oxygen atoms in total. The smallest absolute Gasteiger partial charge is 0.279 e. The normalized spacial score (nSPS) is 22.3. The zero-order chi connectivity index (χ0) is 22.1. The maximum Gasteiger partial charge on any atom is 0.279 e. The number of aryl methyl sites for hydroxylation is 1. The summed E-state index contributed by atoms with van der Waals surface area (Å²) in [6.45, 7) is 5.19. The first-order chi connectivity index (χ1) is 15.5. The van der Waals surface area contributed by atoms with Crippen LogP contribution in [-0.2, 0) is 4.79 Å². The van der Waals surface area contributed by atoms with Crippen molar-refractivity contribution < 1.29 is 14.3 Å². The summed E-state index contributed by atoms with van der Waals surface area (Å²) in [6, 6.07) is 15.2. The molecule has 0 aliphatic carbocycles. The molecule has 3 heterocycles. The molecule has 32 heavy (non-hydrogen) atoms. The summed E-state index contributed by atoms with van der Waals surface area (Å²) in [6.07, 6.45) is 4.38. The standard InChI is InChI=1S/C25H29N3O3S/c1-16-3-10-23-24(13-16)32-25(27-23)31-22-8-6-21(7-9-22)30-12-11-26-18-14-19-4-5-20(15-18)28(19)17(2)29/h3,6-10,13,18-20,26H,4-5,11-12,14-15H2,1-2H3. The summed E-state index contributed by atoms with van der Waals surface area (Å²) in [7, 11) is 0. The van der Waals surface area contributed by atoms with Crippen LogP contribution >= 0.6 is 11.3 Å². The van der Waals surface area contributed by atoms with E-state index in [4.69, 9.17) is 9.47 Å². The van der Waals surface area contributed by atoms with E-state index in [2.05, 4.69) is 34.3 Å². The molecule has 0 spiro atoms. The summed E-state index contributed by atoms with van der Waals surface area (Å²) in [5.74, 6) is 1.80. The predicted molar refractivity (Wildman–Crippen MR) is 127 cm³/mol. The van der Waals surface area contributed by atoms with Gasteiger partial charge in [0, 0.05) is 31.6 Å². The van der Waals surface area contributed by atoms with E-state index in [-0.39, 0.29) is 5.91 Å². The van der Waals surface area contributed by atoms with Crippen molar-refractivity contribution in [2.24, 2.45) is 0 Å². The van der Waals surface area contributed by atoms with Gasteiger partial charge in [-0.1, -0.05) is 17.4 Å². The van der Waals surface area contributed by atoms with Crippen LogP contribution in [0.1, 0.15) is 38.2 Å². The zero-order valence-electron chi connectivity index (χ0n) is 18.5. The summed E-state index contributed by atoms with van der Waals surface area (Å²) in [5.41, 5.74) is 2.18. The molecule has 2 atom stereocenters. The summed E-state index contributed by atoms with van der Waals surface area (Å²) >= 11 is 1.55. The van der Waals surface area contributed by atoms with Crippen LogP contribution in [-0.4, -0.2) is 47.1 Å². The van der Waals surface area contributed by atoms with Crippen molar-refractivity contribution >= 4 is 27.5 Å². The predicted octanol–water partition coefficient (Wildman–Crippen LogP) is 4.91. The monoisotopic (exact) mass is 451 g/mol. The second-order valence-corrected chi connectivity index (χ2v) is 9.80. The number of rotatable bonds is 7. The molecule has 2 fully saturated rings. The third kappa shape index (κ3) is 4.59. The molecule has 2 bridgehead atoms. The van der Waals surface area contributed by atoms with Crippen molar-refractivity contribution in [1.82, 2.24) is 15.2 Å². The Morgan fingerprint density at radius 2 is 1.84 bits per heavy atom. The molecule has 3 aromatic rings. The molecule has 168 valence electrons. The average molecular weight is 452 g/mol. The van der Waals surface area contributed by atoms with Crippen LogP contribution in [0.25, 0.3) is 10.2 Å². The number of nitrogens with zero attached hydrogens (tertiary/aromatic N) is 2. The molecule has 2 saturated heterocycles. The number of hydrogen-bond donors (Lipinski definition) is 1. The van der Waals surface area contributed by atoms with E-state index in [0.717, 1.165) is 53.9 Å². The van der Waals surface area contributed by atoms with E-state index in [9.17, 15) is 4.79 Å². The fourth-order valence-corrected chi connectivity index (χ4v) is 5.98. The number of ether oxygens (including phenoxy) is 2. The number of fused-ring (bicyclic) bond motifs is 3. The largest absolute Gasteiger partial charge is 0.492 e. The van der Waals surface area contributed by atoms with E-state index in [1.165, 1.54) is 5.56 Å². The Balaban J connectivity index is 1.07. The maximum absolute atomic E-state index is 11.8. The lowest BCUT2D eigenvalue weighted by Gasteiger charge is -2.38. The zero-order valence-corrected chi connectivity index (χ0v) is 19.4. The van der Waals surface area contributed by atoms with E-state index in [0.29, 0.717) is 29.9 Å². The molecule has 2 aliphatic rings. The molecule has 2 unspecified atom stereocenters. The SMILES string of the molecule is CC(=O)N1C2CCC1CC(NCCOc1ccc(Oc3nc4ccc(C)cc4s3)cc1)C2. The van der Waals surface area contributed by atoms with Gasteiger partial charge < -0.3 is 19.7 Å². The molecule has 2 aromatic carbocycles. The molecule has 0 saturated carbocycles. The van der Waals surface area contributed by atoms with Gasteiger partial charge in [0.1, 0.15) is 18.1 Å². The lowest BCUT2D eigenvalue weighted by atomic mass is 9.97. The third-order valence-electron chi connectivity index (χ3n) is 6.45. The van der Waals surface area contributed by atoms with Gasteiger partial charge >= 0.3 is 0 Å².